The first kappa shape index (κ1) is 24.8. The summed E-state index contributed by atoms with van der Waals surface area (Å²) in [5.74, 6) is -0.819. The first-order valence-corrected chi connectivity index (χ1v) is 13.3. The molecule has 0 saturated carbocycles. The van der Waals surface area contributed by atoms with E-state index in [9.17, 15) is 14.4 Å². The SMILES string of the molecule is COC(=O)c1ccc(C=c2sc3n(c2=O)C(c2ccc(C(=O)OC)cc2)C2=C(N=3)c3ccccc3CC2)cc1. The van der Waals surface area contributed by atoms with Crippen LogP contribution in [0.2, 0.25) is 0 Å². The molecule has 0 N–H and O–H groups in total. The molecule has 2 aliphatic rings. The van der Waals surface area contributed by atoms with Crippen LogP contribution in [0, 0.1) is 0 Å². The Labute approximate surface area is 228 Å². The van der Waals surface area contributed by atoms with E-state index < -0.39 is 11.9 Å². The normalized spacial score (nSPS) is 16.1. The first-order chi connectivity index (χ1) is 19.0. The van der Waals surface area contributed by atoms with E-state index in [1.54, 1.807) is 41.0 Å². The van der Waals surface area contributed by atoms with Crippen LogP contribution in [-0.2, 0) is 15.9 Å². The number of allylic oxidation sites excluding steroid dienone is 1. The lowest BCUT2D eigenvalue weighted by molar-refractivity contribution is 0.0592. The fourth-order valence-corrected chi connectivity index (χ4v) is 6.23. The number of aryl methyl sites for hydroxylation is 1. The topological polar surface area (TPSA) is 87.0 Å². The predicted molar refractivity (Wildman–Crippen MR) is 148 cm³/mol. The van der Waals surface area contributed by atoms with Gasteiger partial charge in [-0.1, -0.05) is 59.9 Å². The van der Waals surface area contributed by atoms with Crippen LogP contribution in [0.4, 0.5) is 0 Å². The smallest absolute Gasteiger partial charge is 0.337 e. The average molecular weight is 537 g/mol. The van der Waals surface area contributed by atoms with Crippen molar-refractivity contribution in [3.63, 3.8) is 0 Å². The summed E-state index contributed by atoms with van der Waals surface area (Å²) in [5, 5.41) is 0. The molecule has 0 saturated heterocycles. The third kappa shape index (κ3) is 4.32. The van der Waals surface area contributed by atoms with Gasteiger partial charge in [0.15, 0.2) is 4.80 Å². The van der Waals surface area contributed by atoms with E-state index in [4.69, 9.17) is 14.5 Å². The van der Waals surface area contributed by atoms with Gasteiger partial charge in [-0.3, -0.25) is 9.36 Å². The summed E-state index contributed by atoms with van der Waals surface area (Å²) in [7, 11) is 2.70. The minimum absolute atomic E-state index is 0.136. The molecular formula is C31H24N2O5S. The summed E-state index contributed by atoms with van der Waals surface area (Å²) in [4.78, 5) is 43.4. The number of esters is 2. The number of hydrogen-bond acceptors (Lipinski definition) is 7. The molecule has 39 heavy (non-hydrogen) atoms. The second kappa shape index (κ2) is 9.96. The van der Waals surface area contributed by atoms with E-state index in [0.717, 1.165) is 40.8 Å². The highest BCUT2D eigenvalue weighted by Crippen LogP contribution is 2.41. The van der Waals surface area contributed by atoms with Gasteiger partial charge >= 0.3 is 11.9 Å². The lowest BCUT2D eigenvalue weighted by Crippen LogP contribution is -2.38. The molecule has 6 rings (SSSR count). The molecule has 0 bridgehead atoms. The number of methoxy groups -OCH3 is 2. The van der Waals surface area contributed by atoms with Gasteiger partial charge < -0.3 is 9.47 Å². The van der Waals surface area contributed by atoms with Gasteiger partial charge in [0, 0.05) is 5.56 Å². The summed E-state index contributed by atoms with van der Waals surface area (Å²) in [6.45, 7) is 0. The molecule has 0 amide bonds. The number of benzene rings is 3. The van der Waals surface area contributed by atoms with Crippen molar-refractivity contribution >= 4 is 35.0 Å². The van der Waals surface area contributed by atoms with Crippen LogP contribution in [0.5, 0.6) is 0 Å². The zero-order valence-electron chi connectivity index (χ0n) is 21.3. The monoisotopic (exact) mass is 536 g/mol. The maximum Gasteiger partial charge on any atom is 0.337 e. The van der Waals surface area contributed by atoms with Crippen LogP contribution in [0.15, 0.2) is 88.2 Å². The molecule has 194 valence electrons. The number of hydrogen-bond donors (Lipinski definition) is 0. The molecule has 1 aliphatic heterocycles. The Morgan fingerprint density at radius 3 is 2.21 bits per heavy atom. The van der Waals surface area contributed by atoms with Crippen molar-refractivity contribution in [3.8, 4) is 0 Å². The number of fused-ring (bicyclic) bond motifs is 3. The summed E-state index contributed by atoms with van der Waals surface area (Å²) >= 11 is 1.34. The van der Waals surface area contributed by atoms with Gasteiger partial charge in [-0.15, -0.1) is 0 Å². The van der Waals surface area contributed by atoms with E-state index in [2.05, 4.69) is 12.1 Å². The Morgan fingerprint density at radius 2 is 1.54 bits per heavy atom. The quantitative estimate of drug-likeness (QED) is 0.370. The van der Waals surface area contributed by atoms with Gasteiger partial charge in [-0.25, -0.2) is 14.6 Å². The third-order valence-electron chi connectivity index (χ3n) is 7.15. The van der Waals surface area contributed by atoms with Gasteiger partial charge in [0.1, 0.15) is 0 Å². The lowest BCUT2D eigenvalue weighted by atomic mass is 9.83. The Kier molecular flexibility index (Phi) is 6.32. The maximum absolute atomic E-state index is 13.9. The van der Waals surface area contributed by atoms with Crippen molar-refractivity contribution in [2.75, 3.05) is 14.2 Å². The van der Waals surface area contributed by atoms with Crippen LogP contribution < -0.4 is 14.9 Å². The molecule has 3 aromatic carbocycles. The van der Waals surface area contributed by atoms with Gasteiger partial charge in [0.25, 0.3) is 5.56 Å². The molecule has 1 aromatic heterocycles. The lowest BCUT2D eigenvalue weighted by Gasteiger charge is -2.30. The Hall–Kier alpha value is -4.56. The van der Waals surface area contributed by atoms with Crippen LogP contribution >= 0.6 is 11.3 Å². The third-order valence-corrected chi connectivity index (χ3v) is 8.13. The van der Waals surface area contributed by atoms with Crippen LogP contribution in [-0.4, -0.2) is 30.7 Å². The van der Waals surface area contributed by atoms with Gasteiger partial charge in [0.05, 0.1) is 41.6 Å². The first-order valence-electron chi connectivity index (χ1n) is 12.5. The molecule has 1 aliphatic carbocycles. The number of carbonyl (C=O) groups is 2. The second-order valence-corrected chi connectivity index (χ2v) is 10.3. The number of nitrogens with zero attached hydrogens (tertiary/aromatic N) is 2. The van der Waals surface area contributed by atoms with Crippen molar-refractivity contribution in [2.24, 2.45) is 4.99 Å². The van der Waals surface area contributed by atoms with Crippen molar-refractivity contribution in [2.45, 2.75) is 18.9 Å². The molecule has 0 spiro atoms. The second-order valence-electron chi connectivity index (χ2n) is 9.34. The summed E-state index contributed by atoms with van der Waals surface area (Å²) < 4.78 is 11.9. The highest BCUT2D eigenvalue weighted by molar-refractivity contribution is 7.07. The van der Waals surface area contributed by atoms with E-state index in [0.29, 0.717) is 20.5 Å². The Morgan fingerprint density at radius 1 is 0.897 bits per heavy atom. The standard InChI is InChI=1S/C31H24N2O5S/c1-37-29(35)21-9-7-18(8-10-21)17-25-28(34)33-27(20-11-13-22(14-12-20)30(36)38-2)24-16-15-19-5-3-4-6-23(19)26(24)32-31(33)39-25/h3-14,17,27H,15-16H2,1-2H3. The number of ether oxygens (including phenoxy) is 2. The average Bonchev–Trinajstić information content (AvgIpc) is 3.29. The van der Waals surface area contributed by atoms with Crippen molar-refractivity contribution in [1.29, 1.82) is 0 Å². The molecule has 0 fully saturated rings. The fraction of sp³-hybridized carbons (Fsp3) is 0.161. The zero-order chi connectivity index (χ0) is 27.1. The Balaban J connectivity index is 1.53. The van der Waals surface area contributed by atoms with Gasteiger partial charge in [-0.05, 0) is 65.4 Å². The fourth-order valence-electron chi connectivity index (χ4n) is 5.23. The molecule has 7 nitrogen and oxygen atoms in total. The Bertz CT molecular complexity index is 1830. The molecule has 0 radical (unpaired) electrons. The number of aromatic nitrogens is 1. The van der Waals surface area contributed by atoms with E-state index in [-0.39, 0.29) is 11.6 Å². The summed E-state index contributed by atoms with van der Waals surface area (Å²) in [5.41, 5.74) is 6.78. The van der Waals surface area contributed by atoms with Crippen molar-refractivity contribution in [3.05, 3.63) is 131 Å². The molecule has 2 heterocycles. The molecule has 4 aromatic rings. The van der Waals surface area contributed by atoms with Crippen LogP contribution in [0.25, 0.3) is 11.8 Å². The molecular weight excluding hydrogens is 512 g/mol. The van der Waals surface area contributed by atoms with Crippen molar-refractivity contribution in [1.82, 2.24) is 4.57 Å². The van der Waals surface area contributed by atoms with Crippen LogP contribution in [0.1, 0.15) is 55.4 Å². The minimum Gasteiger partial charge on any atom is -0.465 e. The van der Waals surface area contributed by atoms with E-state index in [1.165, 1.54) is 31.1 Å². The predicted octanol–water partition coefficient (Wildman–Crippen LogP) is 3.89. The van der Waals surface area contributed by atoms with Gasteiger partial charge in [0.2, 0.25) is 0 Å². The van der Waals surface area contributed by atoms with E-state index in [1.807, 2.05) is 30.3 Å². The highest BCUT2D eigenvalue weighted by Gasteiger charge is 2.32. The minimum atomic E-state index is -0.412. The molecule has 1 unspecified atom stereocenters. The summed E-state index contributed by atoms with van der Waals surface area (Å²) in [6, 6.07) is 22.1. The number of carbonyl (C=O) groups excluding carboxylic acids is 2. The maximum atomic E-state index is 13.9. The van der Waals surface area contributed by atoms with E-state index >= 15 is 0 Å². The highest BCUT2D eigenvalue weighted by atomic mass is 32.1. The molecule has 1 atom stereocenters. The summed E-state index contributed by atoms with van der Waals surface area (Å²) in [6.07, 6.45) is 3.45. The largest absolute Gasteiger partial charge is 0.465 e. The van der Waals surface area contributed by atoms with Gasteiger partial charge in [-0.2, -0.15) is 0 Å². The number of thiazole rings is 1. The van der Waals surface area contributed by atoms with Crippen molar-refractivity contribution < 1.29 is 19.1 Å². The molecule has 8 heteroatoms. The number of rotatable bonds is 4. The zero-order valence-corrected chi connectivity index (χ0v) is 22.2. The van der Waals surface area contributed by atoms with Crippen LogP contribution in [0.3, 0.4) is 0 Å².